The fraction of sp³-hybridized carbons (Fsp3) is 0.143. The second-order valence-corrected chi connectivity index (χ2v) is 6.68. The molecule has 1 aromatic heterocycles. The average Bonchev–Trinajstić information content (AvgIpc) is 2.53. The van der Waals surface area contributed by atoms with E-state index in [2.05, 4.69) is 15.3 Å². The van der Waals surface area contributed by atoms with Crippen LogP contribution in [0.3, 0.4) is 0 Å². The normalized spacial score (nSPS) is 11.7. The molecule has 1 N–H and O–H groups in total. The maximum absolute atomic E-state index is 12.2. The summed E-state index contributed by atoms with van der Waals surface area (Å²) in [5.41, 5.74) is 0.620. The second-order valence-electron chi connectivity index (χ2n) is 4.07. The summed E-state index contributed by atoms with van der Waals surface area (Å²) >= 11 is 1.42. The van der Waals surface area contributed by atoms with E-state index in [0.717, 1.165) is 0 Å². The van der Waals surface area contributed by atoms with Crippen molar-refractivity contribution in [2.75, 3.05) is 18.6 Å². The van der Waals surface area contributed by atoms with Gasteiger partial charge in [0.1, 0.15) is 5.82 Å². The molecule has 110 valence electrons. The smallest absolute Gasteiger partial charge is 0.199 e. The van der Waals surface area contributed by atoms with Crippen molar-refractivity contribution in [3.8, 4) is 0 Å². The first-order valence-corrected chi connectivity index (χ1v) is 8.91. The van der Waals surface area contributed by atoms with Gasteiger partial charge in [-0.1, -0.05) is 30.0 Å². The van der Waals surface area contributed by atoms with Crippen LogP contribution in [-0.4, -0.2) is 31.7 Å². The van der Waals surface area contributed by atoms with E-state index in [-0.39, 0.29) is 4.90 Å². The van der Waals surface area contributed by atoms with Crippen LogP contribution in [0.4, 0.5) is 5.82 Å². The minimum Gasteiger partial charge on any atom is -0.373 e. The van der Waals surface area contributed by atoms with Gasteiger partial charge >= 0.3 is 0 Å². The van der Waals surface area contributed by atoms with Crippen LogP contribution in [0.5, 0.6) is 0 Å². The summed E-state index contributed by atoms with van der Waals surface area (Å²) in [7, 11) is -1.74. The van der Waals surface area contributed by atoms with Crippen LogP contribution in [-0.2, 0) is 9.84 Å². The Morgan fingerprint density at radius 1 is 1.24 bits per heavy atom. The Bertz CT molecular complexity index is 744. The zero-order valence-corrected chi connectivity index (χ0v) is 13.3. The lowest BCUT2D eigenvalue weighted by Crippen LogP contribution is -1.99. The number of aromatic nitrogens is 2. The van der Waals surface area contributed by atoms with Gasteiger partial charge in [0.25, 0.3) is 0 Å². The highest BCUT2D eigenvalue weighted by atomic mass is 32.2. The molecule has 0 bridgehead atoms. The summed E-state index contributed by atoms with van der Waals surface area (Å²) in [6, 6.07) is 8.28. The molecule has 1 heterocycles. The Labute approximate surface area is 128 Å². The zero-order chi connectivity index (χ0) is 15.3. The van der Waals surface area contributed by atoms with Crippen molar-refractivity contribution in [2.24, 2.45) is 0 Å². The molecule has 0 atom stereocenters. The van der Waals surface area contributed by atoms with Crippen LogP contribution in [0.1, 0.15) is 5.56 Å². The van der Waals surface area contributed by atoms with Crippen LogP contribution in [0.25, 0.3) is 6.08 Å². The van der Waals surface area contributed by atoms with Gasteiger partial charge < -0.3 is 5.32 Å². The number of thioether (sulfide) groups is 1. The monoisotopic (exact) mass is 321 g/mol. The highest BCUT2D eigenvalue weighted by Crippen LogP contribution is 2.19. The van der Waals surface area contributed by atoms with Gasteiger partial charge in [-0.25, -0.2) is 18.4 Å². The van der Waals surface area contributed by atoms with Gasteiger partial charge in [-0.05, 0) is 24.5 Å². The van der Waals surface area contributed by atoms with E-state index < -0.39 is 9.84 Å². The van der Waals surface area contributed by atoms with Crippen LogP contribution in [0.2, 0.25) is 0 Å². The van der Waals surface area contributed by atoms with Crippen molar-refractivity contribution < 1.29 is 8.42 Å². The highest BCUT2D eigenvalue weighted by molar-refractivity contribution is 7.98. The third-order valence-electron chi connectivity index (χ3n) is 2.71. The molecule has 0 saturated heterocycles. The van der Waals surface area contributed by atoms with Gasteiger partial charge in [-0.15, -0.1) is 0 Å². The number of nitrogens with one attached hydrogen (secondary N) is 1. The predicted octanol–water partition coefficient (Wildman–Crippen LogP) is 2.68. The summed E-state index contributed by atoms with van der Waals surface area (Å²) in [4.78, 5) is 8.68. The Morgan fingerprint density at radius 3 is 2.57 bits per heavy atom. The van der Waals surface area contributed by atoms with Gasteiger partial charge in [0.05, 0.1) is 4.90 Å². The number of hydrogen-bond donors (Lipinski definition) is 1. The summed E-state index contributed by atoms with van der Waals surface area (Å²) < 4.78 is 24.4. The van der Waals surface area contributed by atoms with Crippen LogP contribution < -0.4 is 5.32 Å². The molecule has 21 heavy (non-hydrogen) atoms. The number of sulfone groups is 1. The molecular formula is C14H15N3O2S2. The fourth-order valence-electron chi connectivity index (χ4n) is 1.65. The molecule has 0 fully saturated rings. The van der Waals surface area contributed by atoms with E-state index in [1.807, 2.05) is 6.26 Å². The number of hydrogen-bond acceptors (Lipinski definition) is 6. The molecule has 7 heteroatoms. The maximum atomic E-state index is 12.2. The van der Waals surface area contributed by atoms with Gasteiger partial charge in [0.2, 0.25) is 0 Å². The zero-order valence-electron chi connectivity index (χ0n) is 11.6. The Morgan fingerprint density at radius 2 is 1.95 bits per heavy atom. The molecule has 0 spiro atoms. The van der Waals surface area contributed by atoms with Crippen molar-refractivity contribution in [3.63, 3.8) is 0 Å². The molecule has 2 aromatic rings. The van der Waals surface area contributed by atoms with Crippen LogP contribution in [0.15, 0.2) is 52.0 Å². The van der Waals surface area contributed by atoms with Crippen molar-refractivity contribution in [2.45, 2.75) is 10.1 Å². The molecule has 0 aliphatic rings. The minimum atomic E-state index is -3.47. The lowest BCUT2D eigenvalue weighted by atomic mass is 10.3. The number of nitrogens with zero attached hydrogens (tertiary/aromatic N) is 2. The maximum Gasteiger partial charge on any atom is 0.199 e. The van der Waals surface area contributed by atoms with Gasteiger partial charge in [0.15, 0.2) is 15.0 Å². The van der Waals surface area contributed by atoms with E-state index in [4.69, 9.17) is 0 Å². The standard InChI is InChI=1S/C14H15N3O2S2/c1-15-13-11(10-16-14(17-13)20-2)8-9-21(18,19)12-6-4-3-5-7-12/h3-10H,1-2H3,(H,15,16,17)/b9-8+. The molecular weight excluding hydrogens is 306 g/mol. The molecule has 0 radical (unpaired) electrons. The average molecular weight is 321 g/mol. The lowest BCUT2D eigenvalue weighted by Gasteiger charge is -2.05. The minimum absolute atomic E-state index is 0.258. The molecule has 1 aromatic carbocycles. The van der Waals surface area contributed by atoms with Crippen molar-refractivity contribution >= 4 is 33.5 Å². The Kier molecular flexibility index (Phi) is 4.98. The van der Waals surface area contributed by atoms with Gasteiger partial charge in [0, 0.05) is 24.2 Å². The van der Waals surface area contributed by atoms with Crippen molar-refractivity contribution in [1.82, 2.24) is 9.97 Å². The molecule has 5 nitrogen and oxygen atoms in total. The summed E-state index contributed by atoms with van der Waals surface area (Å²) in [6.07, 6.45) is 4.98. The van der Waals surface area contributed by atoms with Crippen molar-refractivity contribution in [1.29, 1.82) is 0 Å². The number of benzene rings is 1. The Balaban J connectivity index is 2.33. The molecule has 0 amide bonds. The molecule has 0 saturated carbocycles. The third kappa shape index (κ3) is 3.83. The third-order valence-corrected chi connectivity index (χ3v) is 4.70. The van der Waals surface area contributed by atoms with E-state index in [0.29, 0.717) is 16.5 Å². The fourth-order valence-corrected chi connectivity index (χ4v) is 3.01. The summed E-state index contributed by atoms with van der Waals surface area (Å²) in [5, 5.41) is 4.73. The molecule has 0 aliphatic carbocycles. The quantitative estimate of drug-likeness (QED) is 0.674. The van der Waals surface area contributed by atoms with Crippen molar-refractivity contribution in [3.05, 3.63) is 47.5 Å². The number of anilines is 1. The number of rotatable bonds is 5. The van der Waals surface area contributed by atoms with E-state index >= 15 is 0 Å². The first kappa shape index (κ1) is 15.5. The second kappa shape index (κ2) is 6.73. The lowest BCUT2D eigenvalue weighted by molar-refractivity contribution is 0.605. The first-order chi connectivity index (χ1) is 10.1. The molecule has 0 aliphatic heterocycles. The Hall–Kier alpha value is -1.86. The van der Waals surface area contributed by atoms with Crippen LogP contribution >= 0.6 is 11.8 Å². The van der Waals surface area contributed by atoms with E-state index in [1.54, 1.807) is 43.6 Å². The van der Waals surface area contributed by atoms with E-state index in [9.17, 15) is 8.42 Å². The molecule has 0 unspecified atom stereocenters. The molecule has 2 rings (SSSR count). The van der Waals surface area contributed by atoms with Crippen LogP contribution in [0, 0.1) is 0 Å². The summed E-state index contributed by atoms with van der Waals surface area (Å²) in [5.74, 6) is 0.592. The highest BCUT2D eigenvalue weighted by Gasteiger charge is 2.10. The largest absolute Gasteiger partial charge is 0.373 e. The van der Waals surface area contributed by atoms with Gasteiger partial charge in [-0.2, -0.15) is 0 Å². The topological polar surface area (TPSA) is 72.0 Å². The SMILES string of the molecule is CNc1nc(SC)ncc1/C=C/S(=O)(=O)c1ccccc1. The predicted molar refractivity (Wildman–Crippen MR) is 86.0 cm³/mol. The summed E-state index contributed by atoms with van der Waals surface area (Å²) in [6.45, 7) is 0. The van der Waals surface area contributed by atoms with Gasteiger partial charge in [-0.3, -0.25) is 0 Å². The first-order valence-electron chi connectivity index (χ1n) is 6.14. The van der Waals surface area contributed by atoms with E-state index in [1.165, 1.54) is 23.2 Å².